The molecule has 3 rings (SSSR count). The summed E-state index contributed by atoms with van der Waals surface area (Å²) in [6, 6.07) is 9.85. The van der Waals surface area contributed by atoms with Gasteiger partial charge in [0.05, 0.1) is 5.56 Å². The third kappa shape index (κ3) is 2.42. The van der Waals surface area contributed by atoms with Gasteiger partial charge in [-0.2, -0.15) is 10.2 Å². The topological polar surface area (TPSA) is 78.5 Å². The average Bonchev–Trinajstić information content (AvgIpc) is 3.07. The summed E-state index contributed by atoms with van der Waals surface area (Å²) >= 11 is 0. The summed E-state index contributed by atoms with van der Waals surface area (Å²) in [5.74, 6) is 0.495. The maximum absolute atomic E-state index is 13.1. The molecule has 5 nitrogen and oxygen atoms in total. The van der Waals surface area contributed by atoms with Crippen LogP contribution < -0.4 is 0 Å². The van der Waals surface area contributed by atoms with E-state index in [1.54, 1.807) is 24.4 Å². The summed E-state index contributed by atoms with van der Waals surface area (Å²) in [6.07, 6.45) is 2.01. The highest BCUT2D eigenvalue weighted by atomic mass is 19.1. The molecule has 98 valence electrons. The van der Waals surface area contributed by atoms with Crippen LogP contribution in [-0.2, 0) is 6.42 Å². The molecule has 1 aromatic carbocycles. The maximum Gasteiger partial charge on any atom is 0.259 e. The van der Waals surface area contributed by atoms with E-state index in [9.17, 15) is 4.39 Å². The smallest absolute Gasteiger partial charge is 0.259 e. The number of aromatic amines is 1. The average molecular weight is 268 g/mol. The van der Waals surface area contributed by atoms with Gasteiger partial charge >= 0.3 is 0 Å². The standard InChI is InChI=1S/C14H9FN4O/c15-11-3-1-2-9(4-11)5-13-18-14(20-19-13)10-6-12(7-16)17-8-10/h1-4,6,8,17H,5H2. The molecule has 0 saturated heterocycles. The van der Waals surface area contributed by atoms with E-state index in [0.29, 0.717) is 29.4 Å². The molecule has 0 atom stereocenters. The lowest BCUT2D eigenvalue weighted by Crippen LogP contribution is -1.91. The summed E-state index contributed by atoms with van der Waals surface area (Å²) in [5, 5.41) is 12.6. The molecule has 2 heterocycles. The molecule has 0 unspecified atom stereocenters. The molecule has 0 amide bonds. The van der Waals surface area contributed by atoms with Crippen LogP contribution in [0.5, 0.6) is 0 Å². The molecular weight excluding hydrogens is 259 g/mol. The predicted octanol–water partition coefficient (Wildman–Crippen LogP) is 2.67. The summed E-state index contributed by atoms with van der Waals surface area (Å²) in [4.78, 5) is 7.01. The van der Waals surface area contributed by atoms with E-state index >= 15 is 0 Å². The Morgan fingerprint density at radius 1 is 1.35 bits per heavy atom. The number of nitrogens with zero attached hydrogens (tertiary/aromatic N) is 3. The molecule has 2 aromatic heterocycles. The second-order valence-electron chi connectivity index (χ2n) is 4.24. The van der Waals surface area contributed by atoms with Crippen molar-refractivity contribution in [3.05, 3.63) is 59.4 Å². The SMILES string of the molecule is N#Cc1cc(-c2nc(Cc3cccc(F)c3)no2)c[nH]1. The van der Waals surface area contributed by atoms with Crippen molar-refractivity contribution in [2.75, 3.05) is 0 Å². The Kier molecular flexibility index (Phi) is 3.01. The van der Waals surface area contributed by atoms with Crippen LogP contribution in [-0.4, -0.2) is 15.1 Å². The number of H-pyrrole nitrogens is 1. The predicted molar refractivity (Wildman–Crippen MR) is 68.0 cm³/mol. The third-order valence-electron chi connectivity index (χ3n) is 2.77. The van der Waals surface area contributed by atoms with Gasteiger partial charge in [0, 0.05) is 12.6 Å². The van der Waals surface area contributed by atoms with Crippen LogP contribution in [0.3, 0.4) is 0 Å². The van der Waals surface area contributed by atoms with Gasteiger partial charge in [0.15, 0.2) is 5.82 Å². The Morgan fingerprint density at radius 3 is 3.00 bits per heavy atom. The van der Waals surface area contributed by atoms with Crippen molar-refractivity contribution in [3.8, 4) is 17.5 Å². The molecule has 0 aliphatic rings. The first kappa shape index (κ1) is 12.1. The fourth-order valence-corrected chi connectivity index (χ4v) is 1.85. The molecule has 0 aliphatic heterocycles. The lowest BCUT2D eigenvalue weighted by molar-refractivity contribution is 0.424. The summed E-state index contributed by atoms with van der Waals surface area (Å²) < 4.78 is 18.2. The van der Waals surface area contributed by atoms with E-state index in [2.05, 4.69) is 15.1 Å². The molecule has 0 spiro atoms. The van der Waals surface area contributed by atoms with Gasteiger partial charge in [-0.15, -0.1) is 0 Å². The number of halogens is 1. The highest BCUT2D eigenvalue weighted by molar-refractivity contribution is 5.54. The van der Waals surface area contributed by atoms with Crippen LogP contribution in [0.15, 0.2) is 41.1 Å². The largest absolute Gasteiger partial charge is 0.352 e. The quantitative estimate of drug-likeness (QED) is 0.792. The first-order chi connectivity index (χ1) is 9.74. The third-order valence-corrected chi connectivity index (χ3v) is 2.77. The fourth-order valence-electron chi connectivity index (χ4n) is 1.85. The van der Waals surface area contributed by atoms with Crippen molar-refractivity contribution >= 4 is 0 Å². The molecule has 3 aromatic rings. The molecule has 6 heteroatoms. The monoisotopic (exact) mass is 268 g/mol. The maximum atomic E-state index is 13.1. The lowest BCUT2D eigenvalue weighted by Gasteiger charge is -1.95. The molecule has 0 bridgehead atoms. The van der Waals surface area contributed by atoms with Crippen molar-refractivity contribution in [2.45, 2.75) is 6.42 Å². The summed E-state index contributed by atoms with van der Waals surface area (Å²) in [5.41, 5.74) is 1.84. The van der Waals surface area contributed by atoms with E-state index in [1.807, 2.05) is 6.07 Å². The van der Waals surface area contributed by atoms with Gasteiger partial charge in [0.2, 0.25) is 0 Å². The first-order valence-corrected chi connectivity index (χ1v) is 5.90. The van der Waals surface area contributed by atoms with Crippen LogP contribution in [0, 0.1) is 17.1 Å². The number of rotatable bonds is 3. The molecular formula is C14H9FN4O. The van der Waals surface area contributed by atoms with Crippen LogP contribution in [0.25, 0.3) is 11.5 Å². The molecule has 0 radical (unpaired) electrons. The van der Waals surface area contributed by atoms with Gasteiger partial charge in [-0.25, -0.2) is 4.39 Å². The highest BCUT2D eigenvalue weighted by Crippen LogP contribution is 2.19. The second kappa shape index (κ2) is 4.97. The highest BCUT2D eigenvalue weighted by Gasteiger charge is 2.11. The number of aromatic nitrogens is 3. The van der Waals surface area contributed by atoms with Crippen LogP contribution in [0.4, 0.5) is 4.39 Å². The van der Waals surface area contributed by atoms with E-state index < -0.39 is 0 Å². The van der Waals surface area contributed by atoms with Crippen LogP contribution in [0.2, 0.25) is 0 Å². The minimum Gasteiger partial charge on any atom is -0.352 e. The van der Waals surface area contributed by atoms with Gasteiger partial charge in [0.1, 0.15) is 17.6 Å². The zero-order valence-electron chi connectivity index (χ0n) is 10.3. The normalized spacial score (nSPS) is 10.4. The molecule has 20 heavy (non-hydrogen) atoms. The number of nitrogens with one attached hydrogen (secondary N) is 1. The fraction of sp³-hybridized carbons (Fsp3) is 0.0714. The molecule has 0 saturated carbocycles. The zero-order chi connectivity index (χ0) is 13.9. The number of hydrogen-bond acceptors (Lipinski definition) is 4. The summed E-state index contributed by atoms with van der Waals surface area (Å²) in [6.45, 7) is 0. The van der Waals surface area contributed by atoms with Gasteiger partial charge in [-0.1, -0.05) is 17.3 Å². The Labute approximate surface area is 113 Å². The second-order valence-corrected chi connectivity index (χ2v) is 4.24. The molecule has 1 N–H and O–H groups in total. The van der Waals surface area contributed by atoms with Crippen molar-refractivity contribution < 1.29 is 8.91 Å². The number of benzene rings is 1. The Balaban J connectivity index is 1.82. The minimum atomic E-state index is -0.296. The van der Waals surface area contributed by atoms with Crippen molar-refractivity contribution in [1.82, 2.24) is 15.1 Å². The zero-order valence-corrected chi connectivity index (χ0v) is 10.3. The molecule has 0 aliphatic carbocycles. The van der Waals surface area contributed by atoms with Crippen molar-refractivity contribution in [1.29, 1.82) is 5.26 Å². The Hall–Kier alpha value is -2.94. The van der Waals surface area contributed by atoms with Gasteiger partial charge in [-0.05, 0) is 23.8 Å². The van der Waals surface area contributed by atoms with Crippen LogP contribution >= 0.6 is 0 Å². The van der Waals surface area contributed by atoms with Gasteiger partial charge < -0.3 is 9.51 Å². The Morgan fingerprint density at radius 2 is 2.25 bits per heavy atom. The summed E-state index contributed by atoms with van der Waals surface area (Å²) in [7, 11) is 0. The Bertz CT molecular complexity index is 784. The van der Waals surface area contributed by atoms with E-state index in [-0.39, 0.29) is 5.82 Å². The first-order valence-electron chi connectivity index (χ1n) is 5.90. The lowest BCUT2D eigenvalue weighted by atomic mass is 10.1. The van der Waals surface area contributed by atoms with Crippen LogP contribution in [0.1, 0.15) is 17.1 Å². The number of nitriles is 1. The van der Waals surface area contributed by atoms with Crippen molar-refractivity contribution in [3.63, 3.8) is 0 Å². The van der Waals surface area contributed by atoms with E-state index in [0.717, 1.165) is 5.56 Å². The van der Waals surface area contributed by atoms with Gasteiger partial charge in [0.25, 0.3) is 5.89 Å². The van der Waals surface area contributed by atoms with Gasteiger partial charge in [-0.3, -0.25) is 0 Å². The molecule has 0 fully saturated rings. The van der Waals surface area contributed by atoms with Crippen molar-refractivity contribution in [2.24, 2.45) is 0 Å². The van der Waals surface area contributed by atoms with E-state index in [1.165, 1.54) is 12.1 Å². The van der Waals surface area contributed by atoms with E-state index in [4.69, 9.17) is 9.78 Å². The minimum absolute atomic E-state index is 0.296. The number of hydrogen-bond donors (Lipinski definition) is 1.